The Balaban J connectivity index is 1.56. The number of thioether (sulfide) groups is 1. The number of hydrogen-bond acceptors (Lipinski definition) is 5. The van der Waals surface area contributed by atoms with Crippen LogP contribution in [0, 0.1) is 11.8 Å². The van der Waals surface area contributed by atoms with Gasteiger partial charge in [0.1, 0.15) is 6.04 Å². The summed E-state index contributed by atoms with van der Waals surface area (Å²) >= 11 is 1.70. The number of aliphatic hydroxyl groups is 1. The molecule has 3 fully saturated rings. The number of benzene rings is 1. The Morgan fingerprint density at radius 3 is 2.64 bits per heavy atom. The van der Waals surface area contributed by atoms with Crippen LogP contribution in [0.5, 0.6) is 0 Å². The maximum Gasteiger partial charge on any atom is 0.244 e. The van der Waals surface area contributed by atoms with Crippen molar-refractivity contribution in [3.63, 3.8) is 0 Å². The molecule has 3 N–H and O–H groups in total. The lowest BCUT2D eigenvalue weighted by Gasteiger charge is -2.34. The maximum absolute atomic E-state index is 13.7. The summed E-state index contributed by atoms with van der Waals surface area (Å²) in [4.78, 5) is 42.2. The van der Waals surface area contributed by atoms with Crippen LogP contribution in [-0.2, 0) is 20.9 Å². The minimum absolute atomic E-state index is 0.0205. The number of amides is 3. The van der Waals surface area contributed by atoms with E-state index in [1.165, 1.54) is 0 Å². The lowest BCUT2D eigenvalue weighted by molar-refractivity contribution is -0.140. The lowest BCUT2D eigenvalue weighted by atomic mass is 9.70. The van der Waals surface area contributed by atoms with E-state index >= 15 is 0 Å². The average Bonchev–Trinajstić information content (AvgIpc) is 3.43. The Bertz CT molecular complexity index is 880. The van der Waals surface area contributed by atoms with Crippen LogP contribution in [0.25, 0.3) is 0 Å². The number of carbonyl (C=O) groups excluding carboxylic acids is 3. The van der Waals surface area contributed by atoms with E-state index in [-0.39, 0.29) is 35.6 Å². The van der Waals surface area contributed by atoms with E-state index in [0.29, 0.717) is 19.5 Å². The number of aliphatic hydroxyl groups excluding tert-OH is 1. The topological polar surface area (TPSA) is 98.7 Å². The Kier molecular flexibility index (Phi) is 7.34. The predicted molar refractivity (Wildman–Crippen MR) is 128 cm³/mol. The molecule has 0 aliphatic carbocycles. The summed E-state index contributed by atoms with van der Waals surface area (Å²) in [6.45, 7) is 4.89. The van der Waals surface area contributed by atoms with Crippen molar-refractivity contribution in [3.8, 4) is 0 Å². The molecule has 3 aliphatic heterocycles. The molecule has 180 valence electrons. The summed E-state index contributed by atoms with van der Waals surface area (Å²) in [5, 5.41) is 15.3. The molecule has 7 nitrogen and oxygen atoms in total. The van der Waals surface area contributed by atoms with E-state index in [0.717, 1.165) is 31.2 Å². The first-order valence-electron chi connectivity index (χ1n) is 12.1. The first kappa shape index (κ1) is 24.1. The van der Waals surface area contributed by atoms with Gasteiger partial charge in [-0.3, -0.25) is 14.4 Å². The van der Waals surface area contributed by atoms with Crippen LogP contribution in [0.15, 0.2) is 30.3 Å². The van der Waals surface area contributed by atoms with Gasteiger partial charge in [-0.2, -0.15) is 0 Å². The second-order valence-electron chi connectivity index (χ2n) is 9.74. The number of unbranched alkanes of at least 4 members (excludes halogenated alkanes) is 2. The molecule has 3 aliphatic rings. The molecule has 0 aromatic heterocycles. The third-order valence-corrected chi connectivity index (χ3v) is 9.10. The molecule has 3 amide bonds. The highest BCUT2D eigenvalue weighted by molar-refractivity contribution is 8.02. The van der Waals surface area contributed by atoms with Gasteiger partial charge in [0.15, 0.2) is 0 Å². The summed E-state index contributed by atoms with van der Waals surface area (Å²) in [5.41, 5.74) is 1.02. The minimum Gasteiger partial charge on any atom is -0.396 e. The van der Waals surface area contributed by atoms with Gasteiger partial charge in [0.25, 0.3) is 0 Å². The smallest absolute Gasteiger partial charge is 0.244 e. The fraction of sp³-hybridized carbons (Fsp3) is 0.640. The van der Waals surface area contributed by atoms with Gasteiger partial charge in [0, 0.05) is 31.0 Å². The molecule has 3 heterocycles. The van der Waals surface area contributed by atoms with E-state index in [1.54, 1.807) is 16.7 Å². The number of nitrogens with one attached hydrogen (secondary N) is 2. The largest absolute Gasteiger partial charge is 0.396 e. The van der Waals surface area contributed by atoms with Gasteiger partial charge in [0.05, 0.1) is 16.6 Å². The molecule has 0 radical (unpaired) electrons. The van der Waals surface area contributed by atoms with Gasteiger partial charge in [-0.15, -0.1) is 11.8 Å². The van der Waals surface area contributed by atoms with E-state index in [2.05, 4.69) is 10.6 Å². The zero-order valence-corrected chi connectivity index (χ0v) is 20.3. The third-order valence-electron chi connectivity index (χ3n) is 7.15. The Morgan fingerprint density at radius 2 is 1.94 bits per heavy atom. The number of rotatable bonds is 10. The van der Waals surface area contributed by atoms with Crippen molar-refractivity contribution < 1.29 is 19.5 Å². The molecule has 33 heavy (non-hydrogen) atoms. The highest BCUT2D eigenvalue weighted by Gasteiger charge is 2.73. The fourth-order valence-electron chi connectivity index (χ4n) is 5.83. The quantitative estimate of drug-likeness (QED) is 0.452. The second-order valence-corrected chi connectivity index (χ2v) is 11.3. The standard InChI is InChI=1S/C25H35N3O4S/c1-16(2)27-23(31)21-25-12-11-18(33-25)19(22(30)26-15-17-9-5-3-6-10-17)20(25)24(32)28(21)13-7-4-8-14-29/h3,5-6,9-10,16,18-21,29H,4,7-8,11-15H2,1-2H3,(H,26,30)(H,27,31)/t18-,19+,20-,21?,25?/m0/s1. The molecule has 4 rings (SSSR count). The zero-order chi connectivity index (χ0) is 23.6. The normalized spacial score (nSPS) is 30.1. The molecular weight excluding hydrogens is 438 g/mol. The Morgan fingerprint density at radius 1 is 1.18 bits per heavy atom. The summed E-state index contributed by atoms with van der Waals surface area (Å²) in [7, 11) is 0. The first-order chi connectivity index (χ1) is 15.9. The van der Waals surface area contributed by atoms with E-state index in [9.17, 15) is 14.4 Å². The predicted octanol–water partition coefficient (Wildman–Crippen LogP) is 2.08. The van der Waals surface area contributed by atoms with Crippen LogP contribution < -0.4 is 10.6 Å². The van der Waals surface area contributed by atoms with Crippen LogP contribution in [0.3, 0.4) is 0 Å². The Hall–Kier alpha value is -2.06. The summed E-state index contributed by atoms with van der Waals surface area (Å²) in [5.74, 6) is -1.12. The summed E-state index contributed by atoms with van der Waals surface area (Å²) in [6, 6.07) is 9.20. The monoisotopic (exact) mass is 473 g/mol. The van der Waals surface area contributed by atoms with E-state index in [1.807, 2.05) is 44.2 Å². The molecule has 1 spiro atoms. The first-order valence-corrected chi connectivity index (χ1v) is 13.0. The Labute approximate surface area is 200 Å². The fourth-order valence-corrected chi connectivity index (χ4v) is 8.05. The molecule has 1 aromatic rings. The molecule has 2 bridgehead atoms. The second kappa shape index (κ2) is 10.1. The van der Waals surface area contributed by atoms with E-state index < -0.39 is 22.6 Å². The molecule has 2 unspecified atom stereocenters. The van der Waals surface area contributed by atoms with Crippen LogP contribution in [0.1, 0.15) is 51.5 Å². The molecule has 8 heteroatoms. The van der Waals surface area contributed by atoms with Crippen molar-refractivity contribution in [1.82, 2.24) is 15.5 Å². The van der Waals surface area contributed by atoms with Crippen LogP contribution in [-0.4, -0.2) is 63.0 Å². The van der Waals surface area contributed by atoms with Crippen molar-refractivity contribution in [2.75, 3.05) is 13.2 Å². The number of carbonyl (C=O) groups is 3. The van der Waals surface area contributed by atoms with Gasteiger partial charge in [-0.05, 0) is 51.5 Å². The lowest BCUT2D eigenvalue weighted by Crippen LogP contribution is -2.54. The van der Waals surface area contributed by atoms with Crippen molar-refractivity contribution in [2.24, 2.45) is 11.8 Å². The number of nitrogens with zero attached hydrogens (tertiary/aromatic N) is 1. The van der Waals surface area contributed by atoms with Crippen molar-refractivity contribution in [1.29, 1.82) is 0 Å². The molecule has 3 saturated heterocycles. The SMILES string of the molecule is CC(C)NC(=O)C1N(CCCCCO)C(=O)[C@@H]2[C@H](C(=O)NCc3ccccc3)[C@@H]3CCC12S3. The van der Waals surface area contributed by atoms with Gasteiger partial charge < -0.3 is 20.6 Å². The van der Waals surface area contributed by atoms with Gasteiger partial charge in [0.2, 0.25) is 17.7 Å². The highest BCUT2D eigenvalue weighted by Crippen LogP contribution is 2.66. The maximum atomic E-state index is 13.7. The molecule has 5 atom stereocenters. The number of likely N-dealkylation sites (tertiary alicyclic amines) is 1. The average molecular weight is 474 g/mol. The van der Waals surface area contributed by atoms with E-state index in [4.69, 9.17) is 5.11 Å². The molecular formula is C25H35N3O4S. The van der Waals surface area contributed by atoms with Gasteiger partial charge >= 0.3 is 0 Å². The van der Waals surface area contributed by atoms with Gasteiger partial charge in [-0.1, -0.05) is 30.3 Å². The number of hydrogen-bond donors (Lipinski definition) is 3. The van der Waals surface area contributed by atoms with Crippen molar-refractivity contribution in [3.05, 3.63) is 35.9 Å². The number of fused-ring (bicyclic) bond motifs is 1. The molecule has 1 aromatic carbocycles. The van der Waals surface area contributed by atoms with Gasteiger partial charge in [-0.25, -0.2) is 0 Å². The minimum atomic E-state index is -0.548. The van der Waals surface area contributed by atoms with Crippen molar-refractivity contribution >= 4 is 29.5 Å². The van der Waals surface area contributed by atoms with Crippen LogP contribution >= 0.6 is 11.8 Å². The zero-order valence-electron chi connectivity index (χ0n) is 19.5. The summed E-state index contributed by atoms with van der Waals surface area (Å²) in [6.07, 6.45) is 3.85. The third kappa shape index (κ3) is 4.52. The highest BCUT2D eigenvalue weighted by atomic mass is 32.2. The van der Waals surface area contributed by atoms with Crippen LogP contribution in [0.4, 0.5) is 0 Å². The molecule has 0 saturated carbocycles. The summed E-state index contributed by atoms with van der Waals surface area (Å²) < 4.78 is -0.535. The van der Waals surface area contributed by atoms with Crippen molar-refractivity contribution in [2.45, 2.75) is 74.6 Å². The van der Waals surface area contributed by atoms with Crippen LogP contribution in [0.2, 0.25) is 0 Å².